The van der Waals surface area contributed by atoms with Gasteiger partial charge in [0.15, 0.2) is 5.79 Å². The van der Waals surface area contributed by atoms with Crippen molar-refractivity contribution in [3.05, 3.63) is 22.5 Å². The number of hydroxylamine groups is 2. The molecule has 2 fully saturated rings. The summed E-state index contributed by atoms with van der Waals surface area (Å²) >= 11 is 1.48. The molecule has 13 heteroatoms. The van der Waals surface area contributed by atoms with Gasteiger partial charge in [-0.25, -0.2) is 23.4 Å². The second-order valence-corrected chi connectivity index (χ2v) is 12.4. The van der Waals surface area contributed by atoms with Crippen molar-refractivity contribution in [2.45, 2.75) is 62.9 Å². The highest BCUT2D eigenvalue weighted by Crippen LogP contribution is 2.44. The second kappa shape index (κ2) is 8.75. The summed E-state index contributed by atoms with van der Waals surface area (Å²) in [6, 6.07) is -0.252. The Kier molecular flexibility index (Phi) is 6.13. The highest BCUT2D eigenvalue weighted by atomic mass is 32.2. The molecule has 4 heterocycles. The number of thiazole rings is 1. The summed E-state index contributed by atoms with van der Waals surface area (Å²) in [6.45, 7) is 5.89. The van der Waals surface area contributed by atoms with Crippen molar-refractivity contribution in [2.75, 3.05) is 25.3 Å². The number of aryl methyl sites for hydroxylation is 1. The van der Waals surface area contributed by atoms with E-state index in [1.54, 1.807) is 19.1 Å². The fraction of sp³-hybridized carbons (Fsp3) is 0.591. The number of aliphatic hydroxyl groups excluding tert-OH is 1. The molecule has 0 aromatic carbocycles. The van der Waals surface area contributed by atoms with E-state index in [-0.39, 0.29) is 35.9 Å². The van der Waals surface area contributed by atoms with Crippen LogP contribution in [-0.4, -0.2) is 77.5 Å². The van der Waals surface area contributed by atoms with E-state index in [9.17, 15) is 13.5 Å². The number of aliphatic hydroxyl groups is 1. The molecule has 1 saturated heterocycles. The number of hydrogen-bond acceptors (Lipinski definition) is 12. The maximum absolute atomic E-state index is 12.3. The van der Waals surface area contributed by atoms with E-state index in [0.29, 0.717) is 35.0 Å². The zero-order valence-electron chi connectivity index (χ0n) is 20.2. The van der Waals surface area contributed by atoms with E-state index in [0.717, 1.165) is 16.8 Å². The molecular weight excluding hydrogens is 494 g/mol. The lowest BCUT2D eigenvalue weighted by Gasteiger charge is -2.24. The standard InChI is InChI=1S/C22H29N5O6S2/c1-11-16(20-25-14-9-27(31-4)7-6-15(14)34-20)19(26-21(23-11)35(5,29)30)24-13-8-12(10-28)17-18(13)33-22(2,3)32-17/h6-7,12-13,17-18,28H,8-10H2,1-5H3,(H,23,24,26). The molecule has 2 aromatic rings. The van der Waals surface area contributed by atoms with Gasteiger partial charge in [-0.3, -0.25) is 9.90 Å². The van der Waals surface area contributed by atoms with Crippen molar-refractivity contribution < 1.29 is 27.8 Å². The van der Waals surface area contributed by atoms with Gasteiger partial charge in [-0.05, 0) is 33.3 Å². The van der Waals surface area contributed by atoms with Gasteiger partial charge in [0.1, 0.15) is 16.9 Å². The van der Waals surface area contributed by atoms with Crippen molar-refractivity contribution in [3.8, 4) is 10.6 Å². The molecule has 4 atom stereocenters. The summed E-state index contributed by atoms with van der Waals surface area (Å²) in [4.78, 5) is 19.8. The molecule has 0 bridgehead atoms. The quantitative estimate of drug-likeness (QED) is 0.538. The van der Waals surface area contributed by atoms with Gasteiger partial charge < -0.3 is 19.9 Å². The zero-order chi connectivity index (χ0) is 25.1. The third-order valence-corrected chi connectivity index (χ3v) is 8.34. The number of hydrogen-bond donors (Lipinski definition) is 2. The van der Waals surface area contributed by atoms with Crippen molar-refractivity contribution in [3.63, 3.8) is 0 Å². The van der Waals surface area contributed by atoms with Crippen LogP contribution >= 0.6 is 11.3 Å². The molecule has 5 rings (SSSR count). The number of ether oxygens (including phenoxy) is 2. The maximum Gasteiger partial charge on any atom is 0.249 e. The van der Waals surface area contributed by atoms with Crippen molar-refractivity contribution in [1.82, 2.24) is 20.0 Å². The first-order valence-corrected chi connectivity index (χ1v) is 14.0. The van der Waals surface area contributed by atoms with Crippen LogP contribution in [0.25, 0.3) is 16.6 Å². The minimum atomic E-state index is -3.65. The summed E-state index contributed by atoms with van der Waals surface area (Å²) in [6.07, 6.45) is 4.84. The van der Waals surface area contributed by atoms with Crippen LogP contribution in [0.2, 0.25) is 0 Å². The molecule has 190 valence electrons. The van der Waals surface area contributed by atoms with Crippen LogP contribution in [0, 0.1) is 12.8 Å². The number of fused-ring (bicyclic) bond motifs is 2. The fourth-order valence-corrected chi connectivity index (χ4v) is 6.47. The van der Waals surface area contributed by atoms with Gasteiger partial charge in [0, 0.05) is 25.0 Å². The van der Waals surface area contributed by atoms with E-state index in [4.69, 9.17) is 19.3 Å². The summed E-state index contributed by atoms with van der Waals surface area (Å²) in [5, 5.41) is 15.4. The Morgan fingerprint density at radius 1 is 1.29 bits per heavy atom. The minimum Gasteiger partial charge on any atom is -0.396 e. The molecule has 1 aliphatic carbocycles. The highest BCUT2D eigenvalue weighted by molar-refractivity contribution is 7.90. The van der Waals surface area contributed by atoms with Crippen LogP contribution < -0.4 is 5.32 Å². The Bertz CT molecular complexity index is 1280. The van der Waals surface area contributed by atoms with Gasteiger partial charge in [-0.15, -0.1) is 11.3 Å². The fourth-order valence-electron chi connectivity index (χ4n) is 4.85. The van der Waals surface area contributed by atoms with Gasteiger partial charge in [0.2, 0.25) is 15.0 Å². The van der Waals surface area contributed by atoms with E-state index in [1.807, 2.05) is 26.1 Å². The largest absolute Gasteiger partial charge is 0.396 e. The third-order valence-electron chi connectivity index (χ3n) is 6.41. The normalized spacial score (nSPS) is 27.2. The van der Waals surface area contributed by atoms with Gasteiger partial charge >= 0.3 is 0 Å². The number of sulfone groups is 1. The predicted octanol–water partition coefficient (Wildman–Crippen LogP) is 1.97. The van der Waals surface area contributed by atoms with Crippen molar-refractivity contribution in [1.29, 1.82) is 0 Å². The Morgan fingerprint density at radius 2 is 2.03 bits per heavy atom. The monoisotopic (exact) mass is 523 g/mol. The molecule has 0 radical (unpaired) electrons. The number of nitrogens with zero attached hydrogens (tertiary/aromatic N) is 4. The molecule has 3 aliphatic rings. The lowest BCUT2D eigenvalue weighted by atomic mass is 10.1. The molecule has 0 amide bonds. The SMILES string of the molecule is CON1C=Cc2sc(-c3c(C)nc(S(C)(=O)=O)nc3NC3CC(CO)C4OC(C)(C)OC34)nc2C1. The third kappa shape index (κ3) is 4.56. The average Bonchev–Trinajstić information content (AvgIpc) is 3.43. The number of nitrogens with one attached hydrogen (secondary N) is 1. The lowest BCUT2D eigenvalue weighted by Crippen LogP contribution is -2.35. The van der Waals surface area contributed by atoms with Gasteiger partial charge in [0.05, 0.1) is 47.6 Å². The van der Waals surface area contributed by atoms with Crippen LogP contribution in [0.1, 0.15) is 36.5 Å². The van der Waals surface area contributed by atoms with Gasteiger partial charge in [-0.1, -0.05) is 0 Å². The van der Waals surface area contributed by atoms with Crippen LogP contribution in [0.4, 0.5) is 5.82 Å². The molecule has 1 saturated carbocycles. The first-order valence-electron chi connectivity index (χ1n) is 11.3. The Balaban J connectivity index is 1.56. The van der Waals surface area contributed by atoms with Gasteiger partial charge in [0.25, 0.3) is 0 Å². The molecule has 4 unspecified atom stereocenters. The number of rotatable bonds is 6. The number of aromatic nitrogens is 3. The van der Waals surface area contributed by atoms with Crippen LogP contribution in [0.15, 0.2) is 11.4 Å². The molecular formula is C22H29N5O6S2. The van der Waals surface area contributed by atoms with Crippen LogP contribution in [0.5, 0.6) is 0 Å². The Hall–Kier alpha value is -2.16. The zero-order valence-corrected chi connectivity index (χ0v) is 21.8. The summed E-state index contributed by atoms with van der Waals surface area (Å²) in [5.41, 5.74) is 1.98. The maximum atomic E-state index is 12.3. The van der Waals surface area contributed by atoms with Gasteiger partial charge in [-0.2, -0.15) is 0 Å². The first kappa shape index (κ1) is 24.5. The lowest BCUT2D eigenvalue weighted by molar-refractivity contribution is -0.158. The average molecular weight is 524 g/mol. The molecule has 11 nitrogen and oxygen atoms in total. The summed E-state index contributed by atoms with van der Waals surface area (Å²) in [5.74, 6) is -0.524. The van der Waals surface area contributed by atoms with Crippen LogP contribution in [0.3, 0.4) is 0 Å². The Labute approximate surface area is 208 Å². The number of anilines is 1. The topological polar surface area (TPSA) is 136 Å². The van der Waals surface area contributed by atoms with E-state index in [1.165, 1.54) is 11.3 Å². The van der Waals surface area contributed by atoms with Crippen molar-refractivity contribution >= 4 is 33.1 Å². The molecule has 2 aliphatic heterocycles. The molecule has 2 aromatic heterocycles. The minimum absolute atomic E-state index is 0.0371. The molecule has 0 spiro atoms. The summed E-state index contributed by atoms with van der Waals surface area (Å²) < 4.78 is 36.9. The smallest absolute Gasteiger partial charge is 0.249 e. The second-order valence-electron chi connectivity index (χ2n) is 9.48. The van der Waals surface area contributed by atoms with E-state index < -0.39 is 15.6 Å². The molecule has 2 N–H and O–H groups in total. The van der Waals surface area contributed by atoms with Crippen LogP contribution in [-0.2, 0) is 30.7 Å². The highest BCUT2D eigenvalue weighted by Gasteiger charge is 2.54. The van der Waals surface area contributed by atoms with E-state index >= 15 is 0 Å². The van der Waals surface area contributed by atoms with Crippen molar-refractivity contribution in [2.24, 2.45) is 5.92 Å². The Morgan fingerprint density at radius 3 is 2.71 bits per heavy atom. The molecule has 35 heavy (non-hydrogen) atoms. The first-order chi connectivity index (χ1) is 16.5. The van der Waals surface area contributed by atoms with E-state index in [2.05, 4.69) is 15.3 Å². The predicted molar refractivity (Wildman–Crippen MR) is 129 cm³/mol. The summed E-state index contributed by atoms with van der Waals surface area (Å²) in [7, 11) is -2.06.